The van der Waals surface area contributed by atoms with E-state index < -0.39 is 0 Å². The minimum absolute atomic E-state index is 0.0112. The fourth-order valence-corrected chi connectivity index (χ4v) is 4.53. The zero-order valence-corrected chi connectivity index (χ0v) is 18.5. The second-order valence-corrected chi connectivity index (χ2v) is 8.72. The van der Waals surface area contributed by atoms with Crippen LogP contribution in [0.5, 0.6) is 11.5 Å². The summed E-state index contributed by atoms with van der Waals surface area (Å²) in [6.45, 7) is 8.77. The standard InChI is InChI=1S/C25H33N3O2/c1-5-30-23-8-6-7-20(24(23)29)22-16-21(19-10-9-17(2)18(3)15-19)26-25(27-22)11-13-28(4)14-12-25/h6-10,15,22,27,29H,5,11-14,16H2,1-4H3/t22-/m1/s1. The number of piperidine rings is 1. The monoisotopic (exact) mass is 407 g/mol. The molecule has 2 aliphatic rings. The first-order chi connectivity index (χ1) is 14.4. The highest BCUT2D eigenvalue weighted by Gasteiger charge is 2.40. The number of hydrogen-bond donors (Lipinski definition) is 2. The molecular formula is C25H33N3O2. The van der Waals surface area contributed by atoms with Gasteiger partial charge in [-0.1, -0.05) is 24.3 Å². The van der Waals surface area contributed by atoms with E-state index in [4.69, 9.17) is 9.73 Å². The lowest BCUT2D eigenvalue weighted by molar-refractivity contribution is 0.144. The van der Waals surface area contributed by atoms with Crippen molar-refractivity contribution in [1.29, 1.82) is 0 Å². The number of para-hydroxylation sites is 1. The van der Waals surface area contributed by atoms with Crippen molar-refractivity contribution in [3.63, 3.8) is 0 Å². The first-order valence-electron chi connectivity index (χ1n) is 11.0. The van der Waals surface area contributed by atoms with Crippen molar-refractivity contribution < 1.29 is 9.84 Å². The molecule has 2 aromatic carbocycles. The number of likely N-dealkylation sites (tertiary alicyclic amines) is 1. The number of nitrogens with zero attached hydrogens (tertiary/aromatic N) is 2. The summed E-state index contributed by atoms with van der Waals surface area (Å²) < 4.78 is 5.64. The molecule has 1 saturated heterocycles. The molecule has 5 heteroatoms. The Bertz CT molecular complexity index is 945. The van der Waals surface area contributed by atoms with E-state index in [1.807, 2.05) is 25.1 Å². The van der Waals surface area contributed by atoms with Crippen molar-refractivity contribution in [2.24, 2.45) is 4.99 Å². The van der Waals surface area contributed by atoms with Crippen molar-refractivity contribution >= 4 is 5.71 Å². The molecule has 1 spiro atoms. The normalized spacial score (nSPS) is 21.5. The van der Waals surface area contributed by atoms with Crippen molar-refractivity contribution in [1.82, 2.24) is 10.2 Å². The highest BCUT2D eigenvalue weighted by atomic mass is 16.5. The van der Waals surface area contributed by atoms with Crippen LogP contribution < -0.4 is 10.1 Å². The zero-order chi connectivity index (χ0) is 21.3. The number of aliphatic imine (C=N–C) groups is 1. The largest absolute Gasteiger partial charge is 0.504 e. The van der Waals surface area contributed by atoms with E-state index in [0.29, 0.717) is 12.4 Å². The van der Waals surface area contributed by atoms with Crippen LogP contribution in [0, 0.1) is 13.8 Å². The molecule has 5 nitrogen and oxygen atoms in total. The lowest BCUT2D eigenvalue weighted by atomic mass is 9.87. The maximum atomic E-state index is 10.9. The van der Waals surface area contributed by atoms with Gasteiger partial charge in [0, 0.05) is 36.8 Å². The Balaban J connectivity index is 1.74. The minimum Gasteiger partial charge on any atom is -0.504 e. The molecule has 30 heavy (non-hydrogen) atoms. The third-order valence-electron chi connectivity index (χ3n) is 6.55. The highest BCUT2D eigenvalue weighted by Crippen LogP contribution is 2.40. The van der Waals surface area contributed by atoms with E-state index >= 15 is 0 Å². The van der Waals surface area contributed by atoms with Gasteiger partial charge in [0.2, 0.25) is 0 Å². The lowest BCUT2D eigenvalue weighted by Gasteiger charge is -2.44. The maximum Gasteiger partial charge on any atom is 0.162 e. The van der Waals surface area contributed by atoms with Crippen LogP contribution in [0.15, 0.2) is 41.4 Å². The summed E-state index contributed by atoms with van der Waals surface area (Å²) >= 11 is 0. The summed E-state index contributed by atoms with van der Waals surface area (Å²) in [5.41, 5.74) is 5.47. The van der Waals surface area contributed by atoms with Crippen LogP contribution >= 0.6 is 0 Å². The molecule has 160 valence electrons. The fourth-order valence-electron chi connectivity index (χ4n) is 4.53. The number of benzene rings is 2. The number of nitrogens with one attached hydrogen (secondary N) is 1. The van der Waals surface area contributed by atoms with Crippen LogP contribution in [0.4, 0.5) is 0 Å². The number of phenolic OH excluding ortho intramolecular Hbond substituents is 1. The van der Waals surface area contributed by atoms with Gasteiger partial charge in [0.1, 0.15) is 5.66 Å². The Morgan fingerprint density at radius 3 is 2.63 bits per heavy atom. The molecule has 2 aromatic rings. The number of ether oxygens (including phenoxy) is 1. The van der Waals surface area contributed by atoms with Gasteiger partial charge in [-0.05, 0) is 69.5 Å². The first kappa shape index (κ1) is 20.9. The van der Waals surface area contributed by atoms with E-state index in [0.717, 1.165) is 43.6 Å². The molecule has 0 saturated carbocycles. The zero-order valence-electron chi connectivity index (χ0n) is 18.5. The fraction of sp³-hybridized carbons (Fsp3) is 0.480. The second-order valence-electron chi connectivity index (χ2n) is 8.72. The Labute approximate surface area is 179 Å². The van der Waals surface area contributed by atoms with Crippen LogP contribution in [0.3, 0.4) is 0 Å². The molecule has 0 bridgehead atoms. The van der Waals surface area contributed by atoms with Crippen LogP contribution in [0.2, 0.25) is 0 Å². The molecule has 0 aliphatic carbocycles. The van der Waals surface area contributed by atoms with E-state index in [1.54, 1.807) is 0 Å². The maximum absolute atomic E-state index is 10.9. The molecular weight excluding hydrogens is 374 g/mol. The van der Waals surface area contributed by atoms with Gasteiger partial charge in [0.25, 0.3) is 0 Å². The smallest absolute Gasteiger partial charge is 0.162 e. The van der Waals surface area contributed by atoms with E-state index in [2.05, 4.69) is 49.3 Å². The molecule has 2 N–H and O–H groups in total. The third kappa shape index (κ3) is 4.09. The molecule has 4 rings (SSSR count). The van der Waals surface area contributed by atoms with Crippen molar-refractivity contribution in [3.05, 3.63) is 58.7 Å². The van der Waals surface area contributed by atoms with Crippen molar-refractivity contribution in [2.45, 2.75) is 51.7 Å². The van der Waals surface area contributed by atoms with Crippen LogP contribution in [-0.4, -0.2) is 48.1 Å². The van der Waals surface area contributed by atoms with E-state index in [-0.39, 0.29) is 17.5 Å². The van der Waals surface area contributed by atoms with Gasteiger partial charge in [-0.15, -0.1) is 0 Å². The summed E-state index contributed by atoms with van der Waals surface area (Å²) in [5, 5.41) is 14.7. The average molecular weight is 408 g/mol. The molecule has 2 heterocycles. The highest BCUT2D eigenvalue weighted by molar-refractivity contribution is 6.02. The topological polar surface area (TPSA) is 57.1 Å². The van der Waals surface area contributed by atoms with Gasteiger partial charge in [0.05, 0.1) is 6.61 Å². The van der Waals surface area contributed by atoms with Gasteiger partial charge >= 0.3 is 0 Å². The predicted octanol–water partition coefficient (Wildman–Crippen LogP) is 4.35. The Morgan fingerprint density at radius 2 is 1.93 bits per heavy atom. The van der Waals surface area contributed by atoms with Gasteiger partial charge in [-0.3, -0.25) is 10.3 Å². The van der Waals surface area contributed by atoms with E-state index in [9.17, 15) is 5.11 Å². The number of hydrogen-bond acceptors (Lipinski definition) is 5. The summed E-state index contributed by atoms with van der Waals surface area (Å²) in [6.07, 6.45) is 2.66. The minimum atomic E-state index is -0.294. The van der Waals surface area contributed by atoms with Crippen molar-refractivity contribution in [2.75, 3.05) is 26.7 Å². The molecule has 2 aliphatic heterocycles. The Hall–Kier alpha value is -2.37. The third-order valence-corrected chi connectivity index (χ3v) is 6.55. The molecule has 0 unspecified atom stereocenters. The molecule has 1 atom stereocenters. The average Bonchev–Trinajstić information content (AvgIpc) is 2.74. The molecule has 0 radical (unpaired) electrons. The molecule has 0 amide bonds. The van der Waals surface area contributed by atoms with Crippen LogP contribution in [-0.2, 0) is 0 Å². The SMILES string of the molecule is CCOc1cccc([C@H]2CC(c3ccc(C)c(C)c3)=NC3(CCN(C)CC3)N2)c1O. The number of aromatic hydroxyl groups is 1. The van der Waals surface area contributed by atoms with Crippen LogP contribution in [0.1, 0.15) is 54.5 Å². The second kappa shape index (κ2) is 8.40. The summed E-state index contributed by atoms with van der Waals surface area (Å²) in [4.78, 5) is 7.63. The number of phenols is 1. The van der Waals surface area contributed by atoms with Crippen molar-refractivity contribution in [3.8, 4) is 11.5 Å². The Kier molecular flexibility index (Phi) is 5.85. The first-order valence-corrected chi connectivity index (χ1v) is 11.0. The number of aryl methyl sites for hydroxylation is 2. The summed E-state index contributed by atoms with van der Waals surface area (Å²) in [6, 6.07) is 12.4. The lowest BCUT2D eigenvalue weighted by Crippen LogP contribution is -2.55. The number of rotatable bonds is 4. The van der Waals surface area contributed by atoms with Gasteiger partial charge in [-0.25, -0.2) is 0 Å². The quantitative estimate of drug-likeness (QED) is 0.791. The van der Waals surface area contributed by atoms with Gasteiger partial charge in [-0.2, -0.15) is 0 Å². The van der Waals surface area contributed by atoms with Crippen LogP contribution in [0.25, 0.3) is 0 Å². The van der Waals surface area contributed by atoms with Gasteiger partial charge < -0.3 is 14.7 Å². The summed E-state index contributed by atoms with van der Waals surface area (Å²) in [7, 11) is 2.17. The van der Waals surface area contributed by atoms with Gasteiger partial charge in [0.15, 0.2) is 11.5 Å². The molecule has 1 fully saturated rings. The Morgan fingerprint density at radius 1 is 1.17 bits per heavy atom. The predicted molar refractivity (Wildman–Crippen MR) is 122 cm³/mol. The van der Waals surface area contributed by atoms with E-state index in [1.165, 1.54) is 16.7 Å². The summed E-state index contributed by atoms with van der Waals surface area (Å²) in [5.74, 6) is 0.783. The molecule has 0 aromatic heterocycles.